The molecule has 7 nitrogen and oxygen atoms in total. The molecule has 0 saturated heterocycles. The van der Waals surface area contributed by atoms with Crippen molar-refractivity contribution in [2.45, 2.75) is 43.9 Å². The molecule has 8 heteroatoms. The number of carboxylic acids is 1. The Morgan fingerprint density at radius 3 is 2.49 bits per heavy atom. The molecule has 2 aliphatic carbocycles. The van der Waals surface area contributed by atoms with Crippen LogP contribution in [0.4, 0.5) is 0 Å². The van der Waals surface area contributed by atoms with E-state index in [9.17, 15) is 19.8 Å². The number of aliphatic hydroxyl groups is 1. The highest BCUT2D eigenvalue weighted by molar-refractivity contribution is 6.30. The average Bonchev–Trinajstić information content (AvgIpc) is 3.29. The molecule has 4 atom stereocenters. The number of nitrogens with one attached hydrogen (secondary N) is 1. The zero-order valence-corrected chi connectivity index (χ0v) is 22.6. The van der Waals surface area contributed by atoms with Crippen LogP contribution in [0.25, 0.3) is 10.9 Å². The SMILES string of the molecule is COC(=O)c1cc2cc(CC(C)NCC(O)c3cccc(Cl)c3)ccc2n1CC1c2ccc(cc2)C1C(=O)O. The number of halogens is 1. The molecule has 6 rings (SSSR count). The largest absolute Gasteiger partial charge is 0.481 e. The Kier molecular flexibility index (Phi) is 7.75. The van der Waals surface area contributed by atoms with Crippen molar-refractivity contribution in [2.75, 3.05) is 13.7 Å². The van der Waals surface area contributed by atoms with E-state index in [-0.39, 0.29) is 12.0 Å². The first kappa shape index (κ1) is 26.9. The number of rotatable bonds is 10. The number of aliphatic hydroxyl groups excluding tert-OH is 1. The number of carbonyl (C=O) groups excluding carboxylic acids is 1. The molecular weight excluding hydrogens is 516 g/mol. The fraction of sp³-hybridized carbons (Fsp3) is 0.290. The zero-order chi connectivity index (χ0) is 27.7. The Hall–Kier alpha value is -3.65. The maximum atomic E-state index is 12.7. The highest BCUT2D eigenvalue weighted by Crippen LogP contribution is 2.41. The van der Waals surface area contributed by atoms with Gasteiger partial charge in [0.05, 0.1) is 19.1 Å². The number of benzene rings is 3. The Bertz CT molecular complexity index is 1510. The van der Waals surface area contributed by atoms with Crippen LogP contribution in [0.15, 0.2) is 72.8 Å². The number of hydrogen-bond acceptors (Lipinski definition) is 5. The van der Waals surface area contributed by atoms with Gasteiger partial charge in [0.25, 0.3) is 0 Å². The molecular formula is C31H31ClN2O5. The summed E-state index contributed by atoms with van der Waals surface area (Å²) in [4.78, 5) is 24.9. The van der Waals surface area contributed by atoms with Crippen molar-refractivity contribution in [3.8, 4) is 0 Å². The normalized spacial score (nSPS) is 17.7. The van der Waals surface area contributed by atoms with E-state index in [0.717, 1.165) is 33.2 Å². The first-order valence-corrected chi connectivity index (χ1v) is 13.3. The van der Waals surface area contributed by atoms with E-state index in [1.807, 2.05) is 65.2 Å². The maximum absolute atomic E-state index is 12.7. The van der Waals surface area contributed by atoms with Crippen LogP contribution in [-0.4, -0.2) is 46.4 Å². The second-order valence-corrected chi connectivity index (χ2v) is 10.6. The molecule has 202 valence electrons. The third-order valence-electron chi connectivity index (χ3n) is 7.57. The molecule has 39 heavy (non-hydrogen) atoms. The number of fused-ring (bicyclic) bond motifs is 4. The number of aliphatic carboxylic acids is 1. The lowest BCUT2D eigenvalue weighted by molar-refractivity contribution is -0.139. The summed E-state index contributed by atoms with van der Waals surface area (Å²) in [6.07, 6.45) is 0.0441. The second-order valence-electron chi connectivity index (χ2n) is 10.2. The van der Waals surface area contributed by atoms with E-state index in [1.165, 1.54) is 7.11 Å². The maximum Gasteiger partial charge on any atom is 0.354 e. The van der Waals surface area contributed by atoms with Crippen LogP contribution in [0.2, 0.25) is 5.02 Å². The van der Waals surface area contributed by atoms with E-state index in [2.05, 4.69) is 12.2 Å². The molecule has 1 aromatic heterocycles. The molecule has 3 N–H and O–H groups in total. The first-order chi connectivity index (χ1) is 18.7. The van der Waals surface area contributed by atoms with Gasteiger partial charge in [0.15, 0.2) is 0 Å². The van der Waals surface area contributed by atoms with Crippen molar-refractivity contribution in [1.29, 1.82) is 0 Å². The molecule has 2 bridgehead atoms. The molecule has 0 saturated carbocycles. The molecule has 4 aromatic rings. The quantitative estimate of drug-likeness (QED) is 0.233. The number of aromatic nitrogens is 1. The first-order valence-electron chi connectivity index (χ1n) is 12.9. The van der Waals surface area contributed by atoms with Gasteiger partial charge in [-0.15, -0.1) is 0 Å². The summed E-state index contributed by atoms with van der Waals surface area (Å²) < 4.78 is 6.95. The highest BCUT2D eigenvalue weighted by Gasteiger charge is 2.36. The minimum absolute atomic E-state index is 0.0829. The van der Waals surface area contributed by atoms with Crippen molar-refractivity contribution < 1.29 is 24.5 Å². The lowest BCUT2D eigenvalue weighted by Gasteiger charge is -2.31. The molecule has 0 fully saturated rings. The number of nitrogens with zero attached hydrogens (tertiary/aromatic N) is 1. The summed E-state index contributed by atoms with van der Waals surface area (Å²) in [5.41, 5.74) is 4.78. The van der Waals surface area contributed by atoms with Gasteiger partial charge in [-0.2, -0.15) is 0 Å². The Labute approximate surface area is 232 Å². The molecule has 0 amide bonds. The lowest BCUT2D eigenvalue weighted by Crippen LogP contribution is -2.32. The number of carbonyl (C=O) groups is 2. The van der Waals surface area contributed by atoms with Gasteiger partial charge < -0.3 is 24.8 Å². The van der Waals surface area contributed by atoms with Gasteiger partial charge in [-0.05, 0) is 65.9 Å². The van der Waals surface area contributed by atoms with Gasteiger partial charge in [0, 0.05) is 41.0 Å². The smallest absolute Gasteiger partial charge is 0.354 e. The van der Waals surface area contributed by atoms with E-state index in [1.54, 1.807) is 12.1 Å². The van der Waals surface area contributed by atoms with Crippen molar-refractivity contribution >= 4 is 34.4 Å². The number of carboxylic acid groups (broad SMARTS) is 1. The van der Waals surface area contributed by atoms with Crippen molar-refractivity contribution in [1.82, 2.24) is 9.88 Å². The van der Waals surface area contributed by atoms with Gasteiger partial charge in [-0.25, -0.2) is 4.79 Å². The van der Waals surface area contributed by atoms with Crippen LogP contribution in [0.1, 0.15) is 57.6 Å². The van der Waals surface area contributed by atoms with Gasteiger partial charge in [0.2, 0.25) is 0 Å². The Morgan fingerprint density at radius 2 is 1.79 bits per heavy atom. The summed E-state index contributed by atoms with van der Waals surface area (Å²) in [5, 5.41) is 25.3. The van der Waals surface area contributed by atoms with Crippen LogP contribution in [0.3, 0.4) is 0 Å². The van der Waals surface area contributed by atoms with E-state index < -0.39 is 24.0 Å². The Morgan fingerprint density at radius 1 is 1.05 bits per heavy atom. The van der Waals surface area contributed by atoms with Gasteiger partial charge in [0.1, 0.15) is 5.69 Å². The number of methoxy groups -OCH3 is 1. The Balaban J connectivity index is 1.35. The lowest BCUT2D eigenvalue weighted by atomic mass is 9.76. The van der Waals surface area contributed by atoms with Crippen LogP contribution in [0, 0.1) is 0 Å². The summed E-state index contributed by atoms with van der Waals surface area (Å²) in [6, 6.07) is 22.8. The topological polar surface area (TPSA) is 101 Å². The van der Waals surface area contributed by atoms with E-state index >= 15 is 0 Å². The summed E-state index contributed by atoms with van der Waals surface area (Å²) in [7, 11) is 1.35. The summed E-state index contributed by atoms with van der Waals surface area (Å²) in [6.45, 7) is 2.79. The second kappa shape index (κ2) is 11.2. The predicted octanol–water partition coefficient (Wildman–Crippen LogP) is 5.30. The molecule has 0 aliphatic heterocycles. The fourth-order valence-corrected chi connectivity index (χ4v) is 5.78. The van der Waals surface area contributed by atoms with Crippen molar-refractivity contribution in [3.63, 3.8) is 0 Å². The third-order valence-corrected chi connectivity index (χ3v) is 7.80. The van der Waals surface area contributed by atoms with Crippen molar-refractivity contribution in [2.24, 2.45) is 0 Å². The molecule has 1 heterocycles. The molecule has 3 aromatic carbocycles. The zero-order valence-electron chi connectivity index (χ0n) is 21.8. The van der Waals surface area contributed by atoms with Gasteiger partial charge >= 0.3 is 11.9 Å². The number of hydrogen-bond donors (Lipinski definition) is 3. The molecule has 2 aliphatic rings. The average molecular weight is 547 g/mol. The summed E-state index contributed by atoms with van der Waals surface area (Å²) >= 11 is 6.04. The van der Waals surface area contributed by atoms with Gasteiger partial charge in [-0.3, -0.25) is 4.79 Å². The number of esters is 1. The van der Waals surface area contributed by atoms with Crippen LogP contribution in [0.5, 0.6) is 0 Å². The molecule has 4 unspecified atom stereocenters. The molecule has 0 spiro atoms. The minimum atomic E-state index is -0.874. The van der Waals surface area contributed by atoms with Crippen molar-refractivity contribution in [3.05, 3.63) is 106 Å². The van der Waals surface area contributed by atoms with Gasteiger partial charge in [-0.1, -0.05) is 54.1 Å². The monoisotopic (exact) mass is 546 g/mol. The standard InChI is InChI=1S/C31H31ClN2O5/c1-18(33-16-28(35)22-4-3-5-24(32)14-22)12-19-6-11-26-23(13-19)15-27(31(38)39-2)34(26)17-25-20-7-9-21(10-8-20)29(25)30(36)37/h3-11,13-15,18,25,28-29,33,35H,12,16-17H2,1-2H3,(H,36,37). The van der Waals surface area contributed by atoms with Crippen LogP contribution >= 0.6 is 11.6 Å². The van der Waals surface area contributed by atoms with Crippen LogP contribution in [-0.2, 0) is 22.5 Å². The fourth-order valence-electron chi connectivity index (χ4n) is 5.59. The third kappa shape index (κ3) is 5.57. The van der Waals surface area contributed by atoms with E-state index in [4.69, 9.17) is 16.3 Å². The predicted molar refractivity (Wildman–Crippen MR) is 150 cm³/mol. The number of ether oxygens (including phenoxy) is 1. The summed E-state index contributed by atoms with van der Waals surface area (Å²) in [5.74, 6) is -2.29. The van der Waals surface area contributed by atoms with Crippen LogP contribution < -0.4 is 5.32 Å². The molecule has 0 radical (unpaired) electrons. The highest BCUT2D eigenvalue weighted by atomic mass is 35.5. The van der Waals surface area contributed by atoms with E-state index in [0.29, 0.717) is 30.2 Å². The minimum Gasteiger partial charge on any atom is -0.481 e.